The second kappa shape index (κ2) is 79.1. The number of nitrogens with one attached hydrogen (secondary N) is 2. The first kappa shape index (κ1) is 116. The average molecular weight is 1760 g/mol. The Morgan fingerprint density at radius 3 is 0.950 bits per heavy atom. The standard InChI is InChI=1S/C96H184N2O21P2/c1-8-14-20-26-32-38-41-47-53-59-65-71-88(103)114-82(68-62-56-50-44-35-29-23-17-11-4)74-86(101)97-78-96(79-100,81-113-120(7,107)108)80-112-95-92(98-87(102)75-83(69-63-57-51-45-36-30-24-18-12-5)115-89(104)72-66-60-54-48-42-39-33-27-21-15-9-2)94(93(85(77-99)117-95)119-121(109,110)111)118-91(106)76-84(70-64-58-52-46-37-31-25-19-13-6)116-90(105)73-67-61-55-49-43-40-34-28-22-16-10-3/h82-85,92-95,99-100H,8-81H2,1-7H3,(H,97,101)(H,98,102)(H,107,108)(H2,109,110,111)/t82-,83-,84-,85?,92+,93-,94-,95?,96?/m1/s1. The van der Waals surface area contributed by atoms with Gasteiger partial charge in [-0.15, -0.1) is 0 Å². The maximum Gasteiger partial charge on any atom is 0.470 e. The summed E-state index contributed by atoms with van der Waals surface area (Å²) in [6.45, 7) is 10.3. The molecular weight excluding hydrogens is 1580 g/mol. The van der Waals surface area contributed by atoms with Gasteiger partial charge in [-0.3, -0.25) is 37.9 Å². The predicted molar refractivity (Wildman–Crippen MR) is 487 cm³/mol. The Labute approximate surface area is 736 Å². The Bertz CT molecular complexity index is 2580. The SMILES string of the molecule is CCCCCCCCCCCCCC(=O)O[C@H](CCCCCCCCCCC)CC(=O)NCC(CO)(COC1OC(CO)[C@@H](OP(=O)(O)O)[C@H](OC(=O)C[C@@H](CCCCCCCCCCC)OC(=O)CCCCCCCCCCCCC)[C@@H]1NC(=O)C[C@@H](CCCCCCCCCCC)OC(=O)CCCCCCCCCCCCC)COP(C)(=O)O. The molecule has 0 aromatic carbocycles. The predicted octanol–water partition coefficient (Wildman–Crippen LogP) is 24.3. The van der Waals surface area contributed by atoms with Gasteiger partial charge in [0.25, 0.3) is 0 Å². The highest BCUT2D eigenvalue weighted by molar-refractivity contribution is 7.51. The molecular formula is C96H184N2O21P2. The molecule has 0 aromatic heterocycles. The number of unbranched alkanes of at least 4 members (excludes halogenated alkanes) is 54. The lowest BCUT2D eigenvalue weighted by atomic mass is 9.90. The zero-order valence-electron chi connectivity index (χ0n) is 78.1. The van der Waals surface area contributed by atoms with Gasteiger partial charge in [-0.05, 0) is 57.8 Å². The molecule has 4 unspecified atom stereocenters. The van der Waals surface area contributed by atoms with Gasteiger partial charge in [0.1, 0.15) is 36.6 Å². The molecule has 2 amide bonds. The van der Waals surface area contributed by atoms with E-state index in [4.69, 9.17) is 37.5 Å². The van der Waals surface area contributed by atoms with E-state index >= 15 is 4.79 Å². The number of amides is 2. The van der Waals surface area contributed by atoms with Crippen LogP contribution in [0.1, 0.15) is 485 Å². The molecule has 0 radical (unpaired) electrons. The van der Waals surface area contributed by atoms with Gasteiger partial charge in [0.15, 0.2) is 12.4 Å². The number of aliphatic hydroxyl groups excluding tert-OH is 2. The minimum Gasteiger partial charge on any atom is -0.462 e. The van der Waals surface area contributed by atoms with Gasteiger partial charge in [-0.1, -0.05) is 388 Å². The van der Waals surface area contributed by atoms with E-state index in [0.717, 1.165) is 193 Å². The summed E-state index contributed by atoms with van der Waals surface area (Å²) >= 11 is 0. The second-order valence-electron chi connectivity index (χ2n) is 35.8. The Morgan fingerprint density at radius 1 is 0.372 bits per heavy atom. The van der Waals surface area contributed by atoms with Crippen molar-refractivity contribution >= 4 is 51.1 Å². The molecule has 1 fully saturated rings. The lowest BCUT2D eigenvalue weighted by Gasteiger charge is -2.46. The van der Waals surface area contributed by atoms with Gasteiger partial charge >= 0.3 is 39.3 Å². The van der Waals surface area contributed by atoms with Gasteiger partial charge < -0.3 is 68.5 Å². The maximum atomic E-state index is 15.2. The van der Waals surface area contributed by atoms with Crippen LogP contribution in [0.2, 0.25) is 0 Å². The van der Waals surface area contributed by atoms with Gasteiger partial charge in [0.2, 0.25) is 11.8 Å². The molecule has 7 N–H and O–H groups in total. The van der Waals surface area contributed by atoms with Crippen molar-refractivity contribution in [2.24, 2.45) is 5.41 Å². The normalized spacial score (nSPS) is 17.3. The second-order valence-corrected chi connectivity index (χ2v) is 38.9. The Balaban J connectivity index is 4.00. The van der Waals surface area contributed by atoms with Crippen LogP contribution in [0.5, 0.6) is 0 Å². The Hall–Kier alpha value is -3.08. The summed E-state index contributed by atoms with van der Waals surface area (Å²) in [7, 11) is -9.97. The van der Waals surface area contributed by atoms with Crippen molar-refractivity contribution in [3.8, 4) is 0 Å². The highest BCUT2D eigenvalue weighted by Gasteiger charge is 2.53. The van der Waals surface area contributed by atoms with Gasteiger partial charge in [0, 0.05) is 32.5 Å². The summed E-state index contributed by atoms with van der Waals surface area (Å²) < 4.78 is 74.9. The molecule has 1 rings (SSSR count). The molecule has 0 aliphatic carbocycles. The minimum atomic E-state index is -5.61. The van der Waals surface area contributed by atoms with Crippen molar-refractivity contribution in [2.75, 3.05) is 39.6 Å². The molecule has 0 bridgehead atoms. The lowest BCUT2D eigenvalue weighted by molar-refractivity contribution is -0.278. The number of rotatable bonds is 89. The summed E-state index contributed by atoms with van der Waals surface area (Å²) in [5, 5.41) is 28.4. The molecule has 23 nitrogen and oxygen atoms in total. The van der Waals surface area contributed by atoms with E-state index in [1.54, 1.807) is 0 Å². The topological polar surface area (TPSA) is 336 Å². The van der Waals surface area contributed by atoms with Crippen molar-refractivity contribution in [3.63, 3.8) is 0 Å². The molecule has 10 atom stereocenters. The number of carbonyl (C=O) groups is 6. The average Bonchev–Trinajstić information content (AvgIpc) is 0.776. The fourth-order valence-corrected chi connectivity index (χ4v) is 17.3. The number of hydrogen-bond acceptors (Lipinski definition) is 18. The van der Waals surface area contributed by atoms with E-state index in [-0.39, 0.29) is 32.1 Å². The molecule has 1 aliphatic rings. The summed E-state index contributed by atoms with van der Waals surface area (Å²) in [4.78, 5) is 118. The van der Waals surface area contributed by atoms with Crippen molar-refractivity contribution in [3.05, 3.63) is 0 Å². The van der Waals surface area contributed by atoms with Crippen LogP contribution in [0, 0.1) is 5.41 Å². The largest absolute Gasteiger partial charge is 0.470 e. The van der Waals surface area contributed by atoms with Crippen molar-refractivity contribution in [2.45, 2.75) is 534 Å². The highest BCUT2D eigenvalue weighted by Crippen LogP contribution is 2.44. The zero-order valence-corrected chi connectivity index (χ0v) is 79.9. The first-order valence-electron chi connectivity index (χ1n) is 50.0. The smallest absolute Gasteiger partial charge is 0.462 e. The summed E-state index contributed by atoms with van der Waals surface area (Å²) in [6, 6.07) is -1.81. The van der Waals surface area contributed by atoms with Gasteiger partial charge in [0.05, 0.1) is 51.1 Å². The maximum absolute atomic E-state index is 15.2. The van der Waals surface area contributed by atoms with Crippen LogP contribution in [0.25, 0.3) is 0 Å². The van der Waals surface area contributed by atoms with Crippen LogP contribution < -0.4 is 10.6 Å². The number of aliphatic hydroxyl groups is 2. The molecule has 1 heterocycles. The molecule has 0 aromatic rings. The highest BCUT2D eigenvalue weighted by atomic mass is 31.2. The van der Waals surface area contributed by atoms with Gasteiger partial charge in [-0.25, -0.2) is 4.57 Å². The lowest BCUT2D eigenvalue weighted by Crippen LogP contribution is -2.67. The van der Waals surface area contributed by atoms with E-state index in [0.29, 0.717) is 51.4 Å². The van der Waals surface area contributed by atoms with Crippen molar-refractivity contribution in [1.82, 2.24) is 10.6 Å². The zero-order chi connectivity index (χ0) is 89.0. The summed E-state index contributed by atoms with van der Waals surface area (Å²) in [6.07, 6.45) is 53.5. The van der Waals surface area contributed by atoms with E-state index in [1.165, 1.54) is 161 Å². The van der Waals surface area contributed by atoms with E-state index < -0.39 is 151 Å². The Morgan fingerprint density at radius 2 is 0.661 bits per heavy atom. The minimum absolute atomic E-state index is 0.117. The fourth-order valence-electron chi connectivity index (χ4n) is 16.2. The first-order chi connectivity index (χ1) is 58.5. The number of hydrogen-bond donors (Lipinski definition) is 7. The summed E-state index contributed by atoms with van der Waals surface area (Å²) in [5.41, 5.74) is -1.83. The van der Waals surface area contributed by atoms with Crippen LogP contribution in [-0.4, -0.2) is 149 Å². The Kier molecular flexibility index (Phi) is 75.8. The van der Waals surface area contributed by atoms with Crippen molar-refractivity contribution in [1.29, 1.82) is 0 Å². The fraction of sp³-hybridized carbons (Fsp3) is 0.938. The number of phosphoric acid groups is 1. The van der Waals surface area contributed by atoms with E-state index in [2.05, 4.69) is 52.2 Å². The number of phosphoric ester groups is 1. The molecule has 714 valence electrons. The monoisotopic (exact) mass is 1760 g/mol. The molecule has 0 saturated carbocycles. The molecule has 0 spiro atoms. The molecule has 1 aliphatic heterocycles. The third-order valence-corrected chi connectivity index (χ3v) is 24.9. The third kappa shape index (κ3) is 68.7. The number of esters is 4. The molecule has 25 heteroatoms. The van der Waals surface area contributed by atoms with E-state index in [9.17, 15) is 58.0 Å². The van der Waals surface area contributed by atoms with Crippen LogP contribution in [0.3, 0.4) is 0 Å². The number of carbonyl (C=O) groups excluding carboxylic acids is 6. The summed E-state index contributed by atoms with van der Waals surface area (Å²) in [5.74, 6) is -3.78. The molecule has 121 heavy (non-hydrogen) atoms. The number of ether oxygens (including phenoxy) is 6. The van der Waals surface area contributed by atoms with Crippen LogP contribution in [0.4, 0.5) is 0 Å². The van der Waals surface area contributed by atoms with E-state index in [1.807, 2.05) is 0 Å². The van der Waals surface area contributed by atoms with Gasteiger partial charge in [-0.2, -0.15) is 0 Å². The van der Waals surface area contributed by atoms with Crippen LogP contribution >= 0.6 is 15.4 Å². The van der Waals surface area contributed by atoms with Crippen LogP contribution in [-0.2, 0) is 75.4 Å². The quantitative estimate of drug-likeness (QED) is 0.0129. The first-order valence-corrected chi connectivity index (χ1v) is 53.6. The molecule has 1 saturated heterocycles. The van der Waals surface area contributed by atoms with Crippen LogP contribution in [0.15, 0.2) is 0 Å². The third-order valence-electron chi connectivity index (χ3n) is 23.8. The van der Waals surface area contributed by atoms with Crippen molar-refractivity contribution < 1.29 is 100 Å².